The molecule has 8 heteroatoms. The van der Waals surface area contributed by atoms with Gasteiger partial charge in [0.2, 0.25) is 0 Å². The summed E-state index contributed by atoms with van der Waals surface area (Å²) in [7, 11) is 3.05. The van der Waals surface area contributed by atoms with E-state index in [0.717, 1.165) is 21.0 Å². The van der Waals surface area contributed by atoms with Gasteiger partial charge in [-0.25, -0.2) is 19.7 Å². The van der Waals surface area contributed by atoms with Gasteiger partial charge in [0.15, 0.2) is 17.0 Å². The van der Waals surface area contributed by atoms with Crippen molar-refractivity contribution in [2.24, 2.45) is 14.1 Å². The molecular weight excluding hydrogens is 308 g/mol. The van der Waals surface area contributed by atoms with Gasteiger partial charge in [-0.15, -0.1) is 0 Å². The average molecular weight is 322 g/mol. The third kappa shape index (κ3) is 1.82. The Morgan fingerprint density at radius 1 is 1.00 bits per heavy atom. The second-order valence-electron chi connectivity index (χ2n) is 5.71. The number of imidazole rings is 1. The number of aromatic nitrogens is 6. The third-order valence-electron chi connectivity index (χ3n) is 4.14. The van der Waals surface area contributed by atoms with Gasteiger partial charge in [-0.3, -0.25) is 18.5 Å². The molecule has 0 aliphatic carbocycles. The molecule has 0 amide bonds. The van der Waals surface area contributed by atoms with E-state index in [1.807, 2.05) is 25.1 Å². The summed E-state index contributed by atoms with van der Waals surface area (Å²) >= 11 is 0. The number of fused-ring (bicyclic) bond motifs is 2. The zero-order valence-corrected chi connectivity index (χ0v) is 13.4. The lowest BCUT2D eigenvalue weighted by molar-refractivity contribution is 0.703. The summed E-state index contributed by atoms with van der Waals surface area (Å²) in [5.41, 5.74) is 1.63. The number of hydrogen-bond donors (Lipinski definition) is 0. The summed E-state index contributed by atoms with van der Waals surface area (Å²) < 4.78 is 4.09. The quantitative estimate of drug-likeness (QED) is 0.514. The predicted molar refractivity (Wildman–Crippen MR) is 89.4 cm³/mol. The number of aryl methyl sites for hydroxylation is 2. The van der Waals surface area contributed by atoms with Crippen molar-refractivity contribution in [3.63, 3.8) is 0 Å². The summed E-state index contributed by atoms with van der Waals surface area (Å²) in [6.45, 7) is 1.98. The molecule has 0 saturated carbocycles. The Labute approximate surface area is 135 Å². The Bertz CT molecular complexity index is 1230. The standard InChI is InChI=1S/C16H14N6O2/c1-9-4-5-11-10(6-9)13(18-7-17-11)22-8-19-12-14(22)20(2)16(24)21(3)15(12)23/h4-8H,1-3H3. The molecule has 0 aliphatic heterocycles. The van der Waals surface area contributed by atoms with Crippen molar-refractivity contribution in [2.75, 3.05) is 0 Å². The van der Waals surface area contributed by atoms with Gasteiger partial charge in [-0.05, 0) is 19.1 Å². The van der Waals surface area contributed by atoms with Gasteiger partial charge >= 0.3 is 5.69 Å². The van der Waals surface area contributed by atoms with Gasteiger partial charge in [0, 0.05) is 19.5 Å². The minimum absolute atomic E-state index is 0.221. The highest BCUT2D eigenvalue weighted by atomic mass is 16.2. The van der Waals surface area contributed by atoms with Crippen molar-refractivity contribution in [1.82, 2.24) is 28.7 Å². The Hall–Kier alpha value is -3.29. The second-order valence-corrected chi connectivity index (χ2v) is 5.71. The first kappa shape index (κ1) is 14.3. The highest BCUT2D eigenvalue weighted by Crippen LogP contribution is 2.22. The largest absolute Gasteiger partial charge is 0.332 e. The zero-order valence-electron chi connectivity index (χ0n) is 13.4. The van der Waals surface area contributed by atoms with Crippen molar-refractivity contribution in [3.8, 4) is 5.82 Å². The second kappa shape index (κ2) is 4.85. The molecular formula is C16H14N6O2. The monoisotopic (exact) mass is 322 g/mol. The van der Waals surface area contributed by atoms with E-state index in [1.165, 1.54) is 24.3 Å². The van der Waals surface area contributed by atoms with Gasteiger partial charge in [-0.1, -0.05) is 11.6 Å². The lowest BCUT2D eigenvalue weighted by atomic mass is 10.1. The summed E-state index contributed by atoms with van der Waals surface area (Å²) in [6.07, 6.45) is 2.97. The Kier molecular flexibility index (Phi) is 2.89. The summed E-state index contributed by atoms with van der Waals surface area (Å²) in [4.78, 5) is 37.4. The van der Waals surface area contributed by atoms with E-state index >= 15 is 0 Å². The van der Waals surface area contributed by atoms with Crippen LogP contribution in [-0.2, 0) is 14.1 Å². The number of nitrogens with zero attached hydrogens (tertiary/aromatic N) is 6. The van der Waals surface area contributed by atoms with E-state index in [-0.39, 0.29) is 5.52 Å². The molecule has 0 atom stereocenters. The molecule has 0 spiro atoms. The molecule has 1 aromatic carbocycles. The van der Waals surface area contributed by atoms with Gasteiger partial charge in [0.1, 0.15) is 12.7 Å². The Morgan fingerprint density at radius 3 is 2.58 bits per heavy atom. The predicted octanol–water partition coefficient (Wildman–Crippen LogP) is 0.675. The molecule has 0 N–H and O–H groups in total. The Morgan fingerprint density at radius 2 is 1.79 bits per heavy atom. The van der Waals surface area contributed by atoms with E-state index in [4.69, 9.17) is 0 Å². The first-order chi connectivity index (χ1) is 11.5. The number of rotatable bonds is 1. The van der Waals surface area contributed by atoms with Crippen molar-refractivity contribution in [2.45, 2.75) is 6.92 Å². The fourth-order valence-electron chi connectivity index (χ4n) is 2.88. The fraction of sp³-hybridized carbons (Fsp3) is 0.188. The van der Waals surface area contributed by atoms with Crippen LogP contribution in [0.15, 0.2) is 40.4 Å². The maximum absolute atomic E-state index is 12.3. The highest BCUT2D eigenvalue weighted by molar-refractivity contribution is 5.87. The van der Waals surface area contributed by atoms with E-state index < -0.39 is 11.2 Å². The van der Waals surface area contributed by atoms with E-state index in [1.54, 1.807) is 11.6 Å². The number of benzene rings is 1. The third-order valence-corrected chi connectivity index (χ3v) is 4.14. The van der Waals surface area contributed by atoms with Crippen molar-refractivity contribution in [1.29, 1.82) is 0 Å². The lowest BCUT2D eigenvalue weighted by Gasteiger charge is -2.10. The number of hydrogen-bond acceptors (Lipinski definition) is 5. The van der Waals surface area contributed by atoms with E-state index in [2.05, 4.69) is 15.0 Å². The average Bonchev–Trinajstić information content (AvgIpc) is 3.02. The lowest BCUT2D eigenvalue weighted by Crippen LogP contribution is -2.37. The van der Waals surface area contributed by atoms with Crippen LogP contribution in [0.1, 0.15) is 5.56 Å². The topological polar surface area (TPSA) is 87.6 Å². The molecule has 0 aliphatic rings. The molecule has 0 bridgehead atoms. The van der Waals surface area contributed by atoms with Crippen LogP contribution >= 0.6 is 0 Å². The minimum atomic E-state index is -0.429. The first-order valence-electron chi connectivity index (χ1n) is 7.34. The molecule has 3 aromatic heterocycles. The van der Waals surface area contributed by atoms with Crippen LogP contribution in [0.3, 0.4) is 0 Å². The van der Waals surface area contributed by atoms with Crippen LogP contribution in [0, 0.1) is 6.92 Å². The van der Waals surface area contributed by atoms with Crippen molar-refractivity contribution >= 4 is 22.1 Å². The van der Waals surface area contributed by atoms with Crippen LogP contribution in [0.4, 0.5) is 0 Å². The maximum Gasteiger partial charge on any atom is 0.332 e. The summed E-state index contributed by atoms with van der Waals surface area (Å²) in [6, 6.07) is 5.85. The Balaban J connectivity index is 2.18. The maximum atomic E-state index is 12.3. The molecule has 3 heterocycles. The normalized spacial score (nSPS) is 11.5. The van der Waals surface area contributed by atoms with Crippen LogP contribution in [0.5, 0.6) is 0 Å². The smallest absolute Gasteiger partial charge is 0.280 e. The van der Waals surface area contributed by atoms with Gasteiger partial charge in [0.25, 0.3) is 5.56 Å². The van der Waals surface area contributed by atoms with Crippen molar-refractivity contribution < 1.29 is 0 Å². The van der Waals surface area contributed by atoms with Crippen LogP contribution in [0.25, 0.3) is 27.9 Å². The van der Waals surface area contributed by atoms with Crippen LogP contribution in [-0.4, -0.2) is 28.7 Å². The highest BCUT2D eigenvalue weighted by Gasteiger charge is 2.17. The van der Waals surface area contributed by atoms with E-state index in [0.29, 0.717) is 11.5 Å². The molecule has 120 valence electrons. The summed E-state index contributed by atoms with van der Waals surface area (Å²) in [5, 5.41) is 0.824. The molecule has 0 unspecified atom stereocenters. The minimum Gasteiger partial charge on any atom is -0.280 e. The van der Waals surface area contributed by atoms with Crippen LogP contribution < -0.4 is 11.2 Å². The van der Waals surface area contributed by atoms with Gasteiger partial charge in [-0.2, -0.15) is 0 Å². The molecule has 4 rings (SSSR count). The first-order valence-corrected chi connectivity index (χ1v) is 7.34. The SMILES string of the molecule is Cc1ccc2ncnc(-n3cnc4c(=O)n(C)c(=O)n(C)c43)c2c1. The van der Waals surface area contributed by atoms with E-state index in [9.17, 15) is 9.59 Å². The molecule has 24 heavy (non-hydrogen) atoms. The molecule has 0 saturated heterocycles. The molecule has 0 fully saturated rings. The van der Waals surface area contributed by atoms with Crippen molar-refractivity contribution in [3.05, 3.63) is 57.3 Å². The zero-order chi connectivity index (χ0) is 17.0. The fourth-order valence-corrected chi connectivity index (χ4v) is 2.88. The molecule has 8 nitrogen and oxygen atoms in total. The van der Waals surface area contributed by atoms with Gasteiger partial charge in [0.05, 0.1) is 5.52 Å². The summed E-state index contributed by atoms with van der Waals surface area (Å²) in [5.74, 6) is 0.578. The van der Waals surface area contributed by atoms with Gasteiger partial charge < -0.3 is 0 Å². The molecule has 0 radical (unpaired) electrons. The van der Waals surface area contributed by atoms with Crippen LogP contribution in [0.2, 0.25) is 0 Å². The molecule has 4 aromatic rings.